The monoisotopic (exact) mass is 342 g/mol. The Kier molecular flexibility index (Phi) is 6.24. The van der Waals surface area contributed by atoms with E-state index < -0.39 is 6.10 Å². The maximum absolute atomic E-state index is 10.2. The van der Waals surface area contributed by atoms with Crippen LogP contribution in [0, 0.1) is 39.0 Å². The Morgan fingerprint density at radius 3 is 2.50 bits per heavy atom. The first-order chi connectivity index (χ1) is 11.4. The Hall–Kier alpha value is -2.03. The van der Waals surface area contributed by atoms with Crippen LogP contribution in [0.5, 0.6) is 5.75 Å². The molecule has 1 aromatic carbocycles. The zero-order chi connectivity index (χ0) is 17.7. The number of benzene rings is 1. The van der Waals surface area contributed by atoms with Gasteiger partial charge in [0.05, 0.1) is 11.7 Å². The quantitative estimate of drug-likeness (QED) is 0.811. The van der Waals surface area contributed by atoms with Crippen molar-refractivity contribution in [1.82, 2.24) is 4.98 Å². The first kappa shape index (κ1) is 18.3. The lowest BCUT2D eigenvalue weighted by molar-refractivity contribution is 0.125. The van der Waals surface area contributed by atoms with Crippen LogP contribution in [-0.2, 0) is 0 Å². The summed E-state index contributed by atoms with van der Waals surface area (Å²) < 4.78 is 5.77. The summed E-state index contributed by atoms with van der Waals surface area (Å²) in [4.78, 5) is 4.41. The standard InChI is InChI=1S/C19H22N2O2S/c1-12-6-5-7-13(2)18(12)23-10-16(22)11-24-19-17(9-20)14(3)8-15(4)21-19/h5-8,16,22H,10-11H2,1-4H3. The van der Waals surface area contributed by atoms with Gasteiger partial charge in [0.1, 0.15) is 23.5 Å². The topological polar surface area (TPSA) is 66.1 Å². The lowest BCUT2D eigenvalue weighted by atomic mass is 10.1. The SMILES string of the molecule is Cc1cc(C)c(C#N)c(SCC(O)COc2c(C)cccc2C)n1. The molecule has 4 nitrogen and oxygen atoms in total. The first-order valence-electron chi connectivity index (χ1n) is 7.80. The van der Waals surface area contributed by atoms with Crippen LogP contribution in [0.1, 0.15) is 27.9 Å². The van der Waals surface area contributed by atoms with Crippen LogP contribution in [0.15, 0.2) is 29.3 Å². The minimum Gasteiger partial charge on any atom is -0.490 e. The molecule has 126 valence electrons. The average Bonchev–Trinajstić information content (AvgIpc) is 2.52. The zero-order valence-corrected chi connectivity index (χ0v) is 15.3. The number of ether oxygens (including phenoxy) is 1. The first-order valence-corrected chi connectivity index (χ1v) is 8.79. The predicted octanol–water partition coefficient (Wildman–Crippen LogP) is 3.72. The number of aliphatic hydroxyl groups is 1. The molecular weight excluding hydrogens is 320 g/mol. The predicted molar refractivity (Wildman–Crippen MR) is 96.6 cm³/mol. The number of nitriles is 1. The molecule has 24 heavy (non-hydrogen) atoms. The second-order valence-electron chi connectivity index (χ2n) is 5.87. The van der Waals surface area contributed by atoms with E-state index in [-0.39, 0.29) is 6.61 Å². The molecule has 1 aromatic heterocycles. The number of aryl methyl sites for hydroxylation is 4. The van der Waals surface area contributed by atoms with E-state index in [1.54, 1.807) is 0 Å². The number of para-hydroxylation sites is 1. The summed E-state index contributed by atoms with van der Waals surface area (Å²) in [5.41, 5.74) is 4.47. The normalized spacial score (nSPS) is 11.8. The molecule has 1 N–H and O–H groups in total. The van der Waals surface area contributed by atoms with Gasteiger partial charge in [-0.15, -0.1) is 11.8 Å². The van der Waals surface area contributed by atoms with Crippen molar-refractivity contribution in [3.8, 4) is 11.8 Å². The molecule has 0 saturated carbocycles. The van der Waals surface area contributed by atoms with E-state index in [9.17, 15) is 10.4 Å². The van der Waals surface area contributed by atoms with E-state index in [1.807, 2.05) is 52.0 Å². The molecule has 5 heteroatoms. The summed E-state index contributed by atoms with van der Waals surface area (Å²) in [5, 5.41) is 20.1. The molecule has 2 aromatic rings. The summed E-state index contributed by atoms with van der Waals surface area (Å²) in [6.07, 6.45) is -0.636. The van der Waals surface area contributed by atoms with Crippen molar-refractivity contribution in [3.05, 3.63) is 52.2 Å². The summed E-state index contributed by atoms with van der Waals surface area (Å²) in [5.74, 6) is 1.25. The number of pyridine rings is 1. The molecule has 1 heterocycles. The molecule has 2 rings (SSSR count). The zero-order valence-electron chi connectivity index (χ0n) is 14.5. The van der Waals surface area contributed by atoms with E-state index in [0.29, 0.717) is 16.3 Å². The minimum absolute atomic E-state index is 0.214. The molecule has 0 aliphatic carbocycles. The molecule has 0 spiro atoms. The van der Waals surface area contributed by atoms with E-state index in [4.69, 9.17) is 4.74 Å². The number of hydrogen-bond acceptors (Lipinski definition) is 5. The third-order valence-corrected chi connectivity index (χ3v) is 4.78. The second kappa shape index (κ2) is 8.18. The Morgan fingerprint density at radius 1 is 1.21 bits per heavy atom. The van der Waals surface area contributed by atoms with Crippen molar-refractivity contribution in [3.63, 3.8) is 0 Å². The van der Waals surface area contributed by atoms with Gasteiger partial charge in [0, 0.05) is 11.4 Å². The van der Waals surface area contributed by atoms with Crippen molar-refractivity contribution in [2.75, 3.05) is 12.4 Å². The van der Waals surface area contributed by atoms with Crippen LogP contribution in [0.4, 0.5) is 0 Å². The molecule has 0 radical (unpaired) electrons. The second-order valence-corrected chi connectivity index (χ2v) is 6.88. The fourth-order valence-corrected chi connectivity index (χ4v) is 3.48. The van der Waals surface area contributed by atoms with Gasteiger partial charge in [-0.3, -0.25) is 0 Å². The van der Waals surface area contributed by atoms with Crippen LogP contribution in [0.25, 0.3) is 0 Å². The van der Waals surface area contributed by atoms with Gasteiger partial charge in [0.15, 0.2) is 0 Å². The average molecular weight is 342 g/mol. The Balaban J connectivity index is 1.97. The summed E-state index contributed by atoms with van der Waals surface area (Å²) in [6.45, 7) is 7.99. The lowest BCUT2D eigenvalue weighted by Gasteiger charge is -2.15. The third kappa shape index (κ3) is 4.50. The molecule has 1 atom stereocenters. The Labute approximate surface area is 147 Å². The van der Waals surface area contributed by atoms with Gasteiger partial charge in [-0.2, -0.15) is 5.26 Å². The van der Waals surface area contributed by atoms with Gasteiger partial charge in [-0.25, -0.2) is 4.98 Å². The molecule has 0 aliphatic heterocycles. The van der Waals surface area contributed by atoms with Gasteiger partial charge in [0.25, 0.3) is 0 Å². The fraction of sp³-hybridized carbons (Fsp3) is 0.368. The van der Waals surface area contributed by atoms with Crippen molar-refractivity contribution in [2.45, 2.75) is 38.8 Å². The highest BCUT2D eigenvalue weighted by Gasteiger charge is 2.13. The van der Waals surface area contributed by atoms with Crippen LogP contribution >= 0.6 is 11.8 Å². The number of thioether (sulfide) groups is 1. The van der Waals surface area contributed by atoms with Crippen molar-refractivity contribution in [2.24, 2.45) is 0 Å². The van der Waals surface area contributed by atoms with Crippen LogP contribution < -0.4 is 4.74 Å². The van der Waals surface area contributed by atoms with Gasteiger partial charge >= 0.3 is 0 Å². The molecule has 0 fully saturated rings. The van der Waals surface area contributed by atoms with E-state index in [1.165, 1.54) is 11.8 Å². The van der Waals surface area contributed by atoms with Gasteiger partial charge in [0.2, 0.25) is 0 Å². The molecule has 1 unspecified atom stereocenters. The number of aromatic nitrogens is 1. The van der Waals surface area contributed by atoms with Crippen LogP contribution in [0.3, 0.4) is 0 Å². The highest BCUT2D eigenvalue weighted by molar-refractivity contribution is 7.99. The summed E-state index contributed by atoms with van der Waals surface area (Å²) in [6, 6.07) is 10.0. The van der Waals surface area contributed by atoms with Gasteiger partial charge < -0.3 is 9.84 Å². The van der Waals surface area contributed by atoms with Gasteiger partial charge in [-0.1, -0.05) is 18.2 Å². The minimum atomic E-state index is -0.636. The molecular formula is C19H22N2O2S. The maximum atomic E-state index is 10.2. The van der Waals surface area contributed by atoms with E-state index >= 15 is 0 Å². The maximum Gasteiger partial charge on any atom is 0.125 e. The van der Waals surface area contributed by atoms with Gasteiger partial charge in [-0.05, 0) is 50.5 Å². The number of aliphatic hydroxyl groups excluding tert-OH is 1. The van der Waals surface area contributed by atoms with E-state index in [2.05, 4.69) is 11.1 Å². The molecule has 0 amide bonds. The number of hydrogen-bond donors (Lipinski definition) is 1. The Bertz CT molecular complexity index is 748. The molecule has 0 bridgehead atoms. The van der Waals surface area contributed by atoms with Crippen molar-refractivity contribution in [1.29, 1.82) is 5.26 Å². The largest absolute Gasteiger partial charge is 0.490 e. The highest BCUT2D eigenvalue weighted by atomic mass is 32.2. The summed E-state index contributed by atoms with van der Waals surface area (Å²) >= 11 is 1.39. The molecule has 0 aliphatic rings. The van der Waals surface area contributed by atoms with Crippen LogP contribution in [-0.4, -0.2) is 28.6 Å². The van der Waals surface area contributed by atoms with E-state index in [0.717, 1.165) is 28.1 Å². The number of nitrogens with zero attached hydrogens (tertiary/aromatic N) is 2. The Morgan fingerprint density at radius 2 is 1.88 bits per heavy atom. The highest BCUT2D eigenvalue weighted by Crippen LogP contribution is 2.25. The fourth-order valence-electron chi connectivity index (χ4n) is 2.47. The smallest absolute Gasteiger partial charge is 0.125 e. The third-order valence-electron chi connectivity index (χ3n) is 3.66. The lowest BCUT2D eigenvalue weighted by Crippen LogP contribution is -2.21. The van der Waals surface area contributed by atoms with Crippen molar-refractivity contribution < 1.29 is 9.84 Å². The summed E-state index contributed by atoms with van der Waals surface area (Å²) in [7, 11) is 0. The molecule has 0 saturated heterocycles. The van der Waals surface area contributed by atoms with Crippen molar-refractivity contribution >= 4 is 11.8 Å². The van der Waals surface area contributed by atoms with Crippen LogP contribution in [0.2, 0.25) is 0 Å². The number of rotatable bonds is 6.